The zero-order valence-corrected chi connectivity index (χ0v) is 12.6. The predicted octanol–water partition coefficient (Wildman–Crippen LogP) is 1.82. The molecule has 0 heterocycles. The van der Waals surface area contributed by atoms with Crippen molar-refractivity contribution in [2.24, 2.45) is 0 Å². The summed E-state index contributed by atoms with van der Waals surface area (Å²) in [4.78, 5) is 10.8. The molecule has 0 spiro atoms. The molecule has 100 valence electrons. The lowest BCUT2D eigenvalue weighted by molar-refractivity contribution is -0.138. The summed E-state index contributed by atoms with van der Waals surface area (Å²) in [6, 6.07) is 2.18. The van der Waals surface area contributed by atoms with Crippen LogP contribution in [0.15, 0.2) is 21.5 Å². The van der Waals surface area contributed by atoms with Gasteiger partial charge in [-0.3, -0.25) is 4.79 Å². The summed E-state index contributed by atoms with van der Waals surface area (Å²) >= 11 is 3.28. The minimum Gasteiger partial charge on any atom is -0.480 e. The van der Waals surface area contributed by atoms with Crippen LogP contribution in [0.5, 0.6) is 0 Å². The van der Waals surface area contributed by atoms with Crippen LogP contribution in [-0.2, 0) is 14.8 Å². The largest absolute Gasteiger partial charge is 0.480 e. The van der Waals surface area contributed by atoms with Gasteiger partial charge in [0, 0.05) is 4.47 Å². The molecule has 0 amide bonds. The smallest absolute Gasteiger partial charge is 0.321 e. The highest BCUT2D eigenvalue weighted by molar-refractivity contribution is 9.10. The van der Waals surface area contributed by atoms with E-state index in [1.54, 1.807) is 26.0 Å². The van der Waals surface area contributed by atoms with Crippen LogP contribution >= 0.6 is 15.9 Å². The molecule has 0 aliphatic carbocycles. The Hall–Kier alpha value is -0.920. The van der Waals surface area contributed by atoms with E-state index in [4.69, 9.17) is 5.11 Å². The summed E-state index contributed by atoms with van der Waals surface area (Å²) in [5.41, 5.74) is 1.12. The van der Waals surface area contributed by atoms with Gasteiger partial charge in [0.15, 0.2) is 0 Å². The third-order valence-electron chi connectivity index (χ3n) is 2.40. The number of aliphatic carboxylic acids is 1. The average Bonchev–Trinajstić information content (AvgIpc) is 2.13. The second kappa shape index (κ2) is 5.38. The second-order valence-electron chi connectivity index (χ2n) is 4.05. The van der Waals surface area contributed by atoms with Crippen LogP contribution in [0.4, 0.5) is 0 Å². The van der Waals surface area contributed by atoms with E-state index < -0.39 is 22.0 Å². The fraction of sp³-hybridized carbons (Fsp3) is 0.364. The van der Waals surface area contributed by atoms with Crippen molar-refractivity contribution in [3.63, 3.8) is 0 Å². The molecule has 1 rings (SSSR count). The Morgan fingerprint density at radius 2 is 1.78 bits per heavy atom. The van der Waals surface area contributed by atoms with Crippen molar-refractivity contribution in [2.75, 3.05) is 0 Å². The summed E-state index contributed by atoms with van der Waals surface area (Å²) in [7, 11) is -3.83. The van der Waals surface area contributed by atoms with Crippen LogP contribution in [0.25, 0.3) is 0 Å². The maximum Gasteiger partial charge on any atom is 0.321 e. The zero-order chi connectivity index (χ0) is 14.1. The summed E-state index contributed by atoms with van der Waals surface area (Å²) in [6.45, 7) is 4.61. The first-order chi connectivity index (χ1) is 8.15. The van der Waals surface area contributed by atoms with Crippen LogP contribution in [0.2, 0.25) is 0 Å². The lowest BCUT2D eigenvalue weighted by atomic mass is 10.2. The quantitative estimate of drug-likeness (QED) is 0.878. The molecule has 18 heavy (non-hydrogen) atoms. The van der Waals surface area contributed by atoms with E-state index in [9.17, 15) is 13.2 Å². The average molecular weight is 336 g/mol. The van der Waals surface area contributed by atoms with Gasteiger partial charge in [0.2, 0.25) is 10.0 Å². The normalized spacial score (nSPS) is 13.3. The molecule has 7 heteroatoms. The standard InChI is InChI=1S/C11H14BrNO4S/c1-6-4-9(12)5-7(2)10(6)18(16,17)13-8(3)11(14)15/h4-5,8,13H,1-3H3,(H,14,15). The van der Waals surface area contributed by atoms with Gasteiger partial charge in [-0.1, -0.05) is 15.9 Å². The maximum absolute atomic E-state index is 12.1. The van der Waals surface area contributed by atoms with Crippen molar-refractivity contribution in [3.05, 3.63) is 27.7 Å². The topological polar surface area (TPSA) is 83.5 Å². The summed E-state index contributed by atoms with van der Waals surface area (Å²) in [5.74, 6) is -1.22. The molecule has 0 aliphatic rings. The van der Waals surface area contributed by atoms with Gasteiger partial charge in [0.1, 0.15) is 6.04 Å². The number of carbonyl (C=O) groups is 1. The van der Waals surface area contributed by atoms with Gasteiger partial charge in [0.25, 0.3) is 0 Å². The Labute approximate surface area is 114 Å². The first-order valence-corrected chi connectivity index (χ1v) is 7.44. The summed E-state index contributed by atoms with van der Waals surface area (Å²) in [5, 5.41) is 8.74. The van der Waals surface area contributed by atoms with Crippen LogP contribution in [0, 0.1) is 13.8 Å². The number of benzene rings is 1. The molecule has 1 aromatic carbocycles. The molecule has 1 atom stereocenters. The molecule has 0 saturated carbocycles. The molecule has 2 N–H and O–H groups in total. The number of halogens is 1. The first-order valence-electron chi connectivity index (χ1n) is 5.17. The van der Waals surface area contributed by atoms with E-state index in [1.165, 1.54) is 6.92 Å². The van der Waals surface area contributed by atoms with Crippen molar-refractivity contribution < 1.29 is 18.3 Å². The van der Waals surface area contributed by atoms with Gasteiger partial charge >= 0.3 is 5.97 Å². The summed E-state index contributed by atoms with van der Waals surface area (Å²) < 4.78 is 27.1. The van der Waals surface area contributed by atoms with E-state index in [1.807, 2.05) is 0 Å². The lowest BCUT2D eigenvalue weighted by Gasteiger charge is -2.14. The fourth-order valence-electron chi connectivity index (χ4n) is 1.66. The number of rotatable bonds is 4. The van der Waals surface area contributed by atoms with Crippen molar-refractivity contribution in [1.82, 2.24) is 4.72 Å². The molecular weight excluding hydrogens is 322 g/mol. The molecule has 1 unspecified atom stereocenters. The highest BCUT2D eigenvalue weighted by Crippen LogP contribution is 2.24. The number of carboxylic acids is 1. The minimum atomic E-state index is -3.83. The molecule has 0 aromatic heterocycles. The van der Waals surface area contributed by atoms with Crippen molar-refractivity contribution in [3.8, 4) is 0 Å². The van der Waals surface area contributed by atoms with E-state index in [0.717, 1.165) is 4.47 Å². The fourth-order valence-corrected chi connectivity index (χ4v) is 4.00. The van der Waals surface area contributed by atoms with Gasteiger partial charge in [-0.25, -0.2) is 8.42 Å². The van der Waals surface area contributed by atoms with Gasteiger partial charge in [-0.15, -0.1) is 0 Å². The van der Waals surface area contributed by atoms with Crippen LogP contribution < -0.4 is 4.72 Å². The minimum absolute atomic E-state index is 0.124. The Balaban J connectivity index is 3.25. The van der Waals surface area contributed by atoms with Crippen molar-refractivity contribution in [2.45, 2.75) is 31.7 Å². The molecule has 0 bridgehead atoms. The molecule has 0 saturated heterocycles. The van der Waals surface area contributed by atoms with Gasteiger partial charge < -0.3 is 5.11 Å². The molecule has 0 radical (unpaired) electrons. The zero-order valence-electron chi connectivity index (χ0n) is 10.2. The third kappa shape index (κ3) is 3.30. The number of hydrogen-bond donors (Lipinski definition) is 2. The van der Waals surface area contributed by atoms with Crippen LogP contribution in [0.1, 0.15) is 18.1 Å². The number of aryl methyl sites for hydroxylation is 2. The number of carboxylic acid groups (broad SMARTS) is 1. The highest BCUT2D eigenvalue weighted by atomic mass is 79.9. The van der Waals surface area contributed by atoms with E-state index >= 15 is 0 Å². The number of nitrogens with one attached hydrogen (secondary N) is 1. The first kappa shape index (κ1) is 15.1. The van der Waals surface area contributed by atoms with Gasteiger partial charge in [0.05, 0.1) is 4.90 Å². The number of hydrogen-bond acceptors (Lipinski definition) is 3. The molecular formula is C11H14BrNO4S. The molecule has 0 aliphatic heterocycles. The lowest BCUT2D eigenvalue weighted by Crippen LogP contribution is -2.38. The van der Waals surface area contributed by atoms with E-state index in [2.05, 4.69) is 20.7 Å². The molecule has 0 fully saturated rings. The van der Waals surface area contributed by atoms with Gasteiger partial charge in [-0.2, -0.15) is 4.72 Å². The Kier molecular flexibility index (Phi) is 4.52. The SMILES string of the molecule is Cc1cc(Br)cc(C)c1S(=O)(=O)NC(C)C(=O)O. The van der Waals surface area contributed by atoms with E-state index in [-0.39, 0.29) is 4.90 Å². The highest BCUT2D eigenvalue weighted by Gasteiger charge is 2.24. The van der Waals surface area contributed by atoms with Crippen molar-refractivity contribution in [1.29, 1.82) is 0 Å². The van der Waals surface area contributed by atoms with E-state index in [0.29, 0.717) is 11.1 Å². The molecule has 1 aromatic rings. The second-order valence-corrected chi connectivity index (χ2v) is 6.62. The number of sulfonamides is 1. The molecule has 5 nitrogen and oxygen atoms in total. The van der Waals surface area contributed by atoms with Gasteiger partial charge in [-0.05, 0) is 44.0 Å². The Bertz CT molecular complexity index is 560. The van der Waals surface area contributed by atoms with Crippen LogP contribution in [0.3, 0.4) is 0 Å². The Morgan fingerprint density at radius 1 is 1.33 bits per heavy atom. The predicted molar refractivity (Wildman–Crippen MR) is 71.0 cm³/mol. The van der Waals surface area contributed by atoms with Crippen molar-refractivity contribution >= 4 is 31.9 Å². The maximum atomic E-state index is 12.1. The van der Waals surface area contributed by atoms with Crippen LogP contribution in [-0.4, -0.2) is 25.5 Å². The third-order valence-corrected chi connectivity index (χ3v) is 4.70. The summed E-state index contributed by atoms with van der Waals surface area (Å²) in [6.07, 6.45) is 0. The monoisotopic (exact) mass is 335 g/mol. The Morgan fingerprint density at radius 3 is 2.17 bits per heavy atom.